The van der Waals surface area contributed by atoms with E-state index in [2.05, 4.69) is 10.6 Å². The Bertz CT molecular complexity index is 440. The van der Waals surface area contributed by atoms with Gasteiger partial charge in [-0.15, -0.1) is 11.8 Å². The van der Waals surface area contributed by atoms with Crippen molar-refractivity contribution >= 4 is 23.4 Å². The maximum absolute atomic E-state index is 11.9. The van der Waals surface area contributed by atoms with Crippen LogP contribution in [0.15, 0.2) is 24.3 Å². The van der Waals surface area contributed by atoms with Gasteiger partial charge in [0, 0.05) is 22.9 Å². The van der Waals surface area contributed by atoms with Gasteiger partial charge in [-0.3, -0.25) is 10.1 Å². The Hall–Kier alpha value is -1.08. The number of carbonyl (C=O) groups is 1. The van der Waals surface area contributed by atoms with Crippen molar-refractivity contribution in [3.05, 3.63) is 29.8 Å². The van der Waals surface area contributed by atoms with Gasteiger partial charge in [0.05, 0.1) is 19.3 Å². The summed E-state index contributed by atoms with van der Waals surface area (Å²) in [5.74, 6) is 1.69. The summed E-state index contributed by atoms with van der Waals surface area (Å²) in [5.41, 5.74) is 1.77. The number of amides is 1. The molecule has 0 spiro atoms. The van der Waals surface area contributed by atoms with Crippen molar-refractivity contribution in [2.24, 2.45) is 0 Å². The van der Waals surface area contributed by atoms with Gasteiger partial charge in [0.1, 0.15) is 0 Å². The van der Waals surface area contributed by atoms with Gasteiger partial charge in [-0.2, -0.15) is 0 Å². The molecule has 0 aliphatic carbocycles. The van der Waals surface area contributed by atoms with Gasteiger partial charge in [-0.05, 0) is 12.1 Å². The Balaban J connectivity index is 1.60. The molecule has 2 aliphatic rings. The molecule has 0 saturated carbocycles. The van der Waals surface area contributed by atoms with Crippen LogP contribution in [0.5, 0.6) is 0 Å². The number of hydrogen-bond acceptors (Lipinski definition) is 5. The Labute approximate surface area is 116 Å². The largest absolute Gasteiger partial charge is 0.346 e. The topological polar surface area (TPSA) is 59.6 Å². The fourth-order valence-electron chi connectivity index (χ4n) is 2.07. The first-order chi connectivity index (χ1) is 9.33. The number of anilines is 1. The van der Waals surface area contributed by atoms with E-state index in [0.29, 0.717) is 13.2 Å². The van der Waals surface area contributed by atoms with Crippen LogP contribution in [0.3, 0.4) is 0 Å². The average molecular weight is 280 g/mol. The smallest absolute Gasteiger partial charge is 0.242 e. The minimum atomic E-state index is -0.266. The van der Waals surface area contributed by atoms with E-state index in [9.17, 15) is 4.79 Å². The highest BCUT2D eigenvalue weighted by Crippen LogP contribution is 2.24. The third-order valence-corrected chi connectivity index (χ3v) is 4.04. The fourth-order valence-corrected chi connectivity index (χ4v) is 3.01. The molecule has 2 aliphatic heterocycles. The number of thioether (sulfide) groups is 1. The Morgan fingerprint density at radius 3 is 2.63 bits per heavy atom. The third-order valence-electron chi connectivity index (χ3n) is 3.10. The van der Waals surface area contributed by atoms with Crippen LogP contribution in [0, 0.1) is 0 Å². The summed E-state index contributed by atoms with van der Waals surface area (Å²) in [6, 6.07) is 7.50. The van der Waals surface area contributed by atoms with E-state index in [0.717, 1.165) is 22.9 Å². The quantitative estimate of drug-likeness (QED) is 0.875. The van der Waals surface area contributed by atoms with E-state index < -0.39 is 0 Å². The van der Waals surface area contributed by atoms with E-state index in [1.807, 2.05) is 24.3 Å². The molecule has 2 N–H and O–H groups in total. The van der Waals surface area contributed by atoms with Gasteiger partial charge >= 0.3 is 0 Å². The molecule has 102 valence electrons. The normalized spacial score (nSPS) is 23.7. The highest BCUT2D eigenvalue weighted by atomic mass is 32.2. The van der Waals surface area contributed by atoms with Crippen molar-refractivity contribution in [3.63, 3.8) is 0 Å². The summed E-state index contributed by atoms with van der Waals surface area (Å²) in [6.07, 6.45) is -0.266. The zero-order chi connectivity index (χ0) is 13.1. The molecule has 1 aromatic carbocycles. The number of carbonyl (C=O) groups excluding carboxylic acids is 1. The van der Waals surface area contributed by atoms with E-state index >= 15 is 0 Å². The van der Waals surface area contributed by atoms with Crippen LogP contribution in [-0.4, -0.2) is 36.8 Å². The lowest BCUT2D eigenvalue weighted by Crippen LogP contribution is -2.37. The summed E-state index contributed by atoms with van der Waals surface area (Å²) in [5, 5.41) is 6.05. The van der Waals surface area contributed by atoms with Gasteiger partial charge < -0.3 is 14.8 Å². The second-order valence-corrected chi connectivity index (χ2v) is 5.49. The minimum Gasteiger partial charge on any atom is -0.346 e. The van der Waals surface area contributed by atoms with Crippen molar-refractivity contribution in [1.82, 2.24) is 5.32 Å². The van der Waals surface area contributed by atoms with Gasteiger partial charge in [0.2, 0.25) is 5.91 Å². The van der Waals surface area contributed by atoms with Crippen molar-refractivity contribution in [2.75, 3.05) is 30.2 Å². The van der Waals surface area contributed by atoms with Crippen LogP contribution in [0.1, 0.15) is 11.9 Å². The molecule has 0 bridgehead atoms. The molecule has 5 nitrogen and oxygen atoms in total. The van der Waals surface area contributed by atoms with Gasteiger partial charge in [-0.25, -0.2) is 0 Å². The maximum Gasteiger partial charge on any atom is 0.242 e. The summed E-state index contributed by atoms with van der Waals surface area (Å²) >= 11 is 1.74. The molecule has 1 aromatic rings. The number of rotatable bonds is 3. The molecule has 19 heavy (non-hydrogen) atoms. The van der Waals surface area contributed by atoms with Crippen LogP contribution < -0.4 is 10.6 Å². The predicted molar refractivity (Wildman–Crippen MR) is 74.0 cm³/mol. The van der Waals surface area contributed by atoms with Gasteiger partial charge in [0.25, 0.3) is 0 Å². The van der Waals surface area contributed by atoms with Crippen molar-refractivity contribution < 1.29 is 14.3 Å². The standard InChI is InChI=1S/C13H16N2O3S/c16-12(11-7-19-8-14-11)15-10-3-1-9(2-4-10)13-17-5-6-18-13/h1-4,11,13-14H,5-8H2,(H,15,16). The molecular weight excluding hydrogens is 264 g/mol. The van der Waals surface area contributed by atoms with Crippen molar-refractivity contribution in [1.29, 1.82) is 0 Å². The lowest BCUT2D eigenvalue weighted by atomic mass is 10.2. The third kappa shape index (κ3) is 3.09. The zero-order valence-corrected chi connectivity index (χ0v) is 11.2. The Kier molecular flexibility index (Phi) is 4.03. The second-order valence-electron chi connectivity index (χ2n) is 4.46. The van der Waals surface area contributed by atoms with Crippen LogP contribution in [0.25, 0.3) is 0 Å². The maximum atomic E-state index is 11.9. The SMILES string of the molecule is O=C(Nc1ccc(C2OCCO2)cc1)C1CSCN1. The van der Waals surface area contributed by atoms with Crippen LogP contribution in [-0.2, 0) is 14.3 Å². The number of ether oxygens (including phenoxy) is 2. The van der Waals surface area contributed by atoms with Crippen LogP contribution in [0.2, 0.25) is 0 Å². The lowest BCUT2D eigenvalue weighted by molar-refractivity contribution is -0.117. The summed E-state index contributed by atoms with van der Waals surface area (Å²) in [7, 11) is 0. The molecule has 3 rings (SSSR count). The lowest BCUT2D eigenvalue weighted by Gasteiger charge is -2.12. The molecule has 2 heterocycles. The van der Waals surface area contributed by atoms with E-state index in [-0.39, 0.29) is 18.2 Å². The molecule has 1 amide bonds. The monoisotopic (exact) mass is 280 g/mol. The fraction of sp³-hybridized carbons (Fsp3) is 0.462. The van der Waals surface area contributed by atoms with E-state index in [1.54, 1.807) is 11.8 Å². The highest BCUT2D eigenvalue weighted by molar-refractivity contribution is 7.99. The zero-order valence-electron chi connectivity index (χ0n) is 10.4. The summed E-state index contributed by atoms with van der Waals surface area (Å²) < 4.78 is 10.8. The number of nitrogens with one attached hydrogen (secondary N) is 2. The first-order valence-electron chi connectivity index (χ1n) is 6.28. The highest BCUT2D eigenvalue weighted by Gasteiger charge is 2.22. The van der Waals surface area contributed by atoms with Gasteiger partial charge in [0.15, 0.2) is 6.29 Å². The van der Waals surface area contributed by atoms with E-state index in [4.69, 9.17) is 9.47 Å². The summed E-state index contributed by atoms with van der Waals surface area (Å²) in [4.78, 5) is 11.9. The Morgan fingerprint density at radius 2 is 2.00 bits per heavy atom. The molecule has 2 fully saturated rings. The average Bonchev–Trinajstić information content (AvgIpc) is 3.13. The first kappa shape index (κ1) is 12.9. The molecule has 2 saturated heterocycles. The first-order valence-corrected chi connectivity index (χ1v) is 7.43. The number of hydrogen-bond donors (Lipinski definition) is 2. The molecule has 1 unspecified atom stereocenters. The minimum absolute atomic E-state index is 0.0196. The van der Waals surface area contributed by atoms with Gasteiger partial charge in [-0.1, -0.05) is 12.1 Å². The molecule has 6 heteroatoms. The second kappa shape index (κ2) is 5.92. The van der Waals surface area contributed by atoms with Crippen molar-refractivity contribution in [3.8, 4) is 0 Å². The molecular formula is C13H16N2O3S. The summed E-state index contributed by atoms with van der Waals surface area (Å²) in [6.45, 7) is 1.27. The molecule has 0 aromatic heterocycles. The predicted octanol–water partition coefficient (Wildman–Crippen LogP) is 1.33. The Morgan fingerprint density at radius 1 is 1.26 bits per heavy atom. The van der Waals surface area contributed by atoms with Crippen LogP contribution in [0.4, 0.5) is 5.69 Å². The number of benzene rings is 1. The molecule has 1 atom stereocenters. The van der Waals surface area contributed by atoms with E-state index in [1.165, 1.54) is 0 Å². The van der Waals surface area contributed by atoms with Crippen LogP contribution >= 0.6 is 11.8 Å². The molecule has 0 radical (unpaired) electrons. The van der Waals surface area contributed by atoms with Crippen molar-refractivity contribution in [2.45, 2.75) is 12.3 Å².